The SMILES string of the molecule is CCNCCC(=O)NCCCOc1cccc(C(C)N2CCCC2)c1. The highest BCUT2D eigenvalue weighted by Gasteiger charge is 2.19. The van der Waals surface area contributed by atoms with Crippen molar-refractivity contribution in [1.82, 2.24) is 15.5 Å². The fourth-order valence-corrected chi connectivity index (χ4v) is 3.16. The standard InChI is InChI=1S/C20H33N3O2/c1-3-21-12-10-20(24)22-11-7-15-25-19-9-6-8-18(16-19)17(2)23-13-4-5-14-23/h6,8-9,16-17,21H,3-5,7,10-15H2,1-2H3,(H,22,24). The van der Waals surface area contributed by atoms with Crippen LogP contribution in [0.5, 0.6) is 5.75 Å². The summed E-state index contributed by atoms with van der Waals surface area (Å²) < 4.78 is 5.86. The van der Waals surface area contributed by atoms with Crippen molar-refractivity contribution in [2.75, 3.05) is 39.3 Å². The van der Waals surface area contributed by atoms with Crippen molar-refractivity contribution in [2.24, 2.45) is 0 Å². The molecule has 0 radical (unpaired) electrons. The lowest BCUT2D eigenvalue weighted by molar-refractivity contribution is -0.121. The molecular weight excluding hydrogens is 314 g/mol. The van der Waals surface area contributed by atoms with E-state index in [1.165, 1.54) is 31.5 Å². The number of carbonyl (C=O) groups excluding carboxylic acids is 1. The maximum Gasteiger partial charge on any atom is 0.221 e. The van der Waals surface area contributed by atoms with Crippen LogP contribution in [0, 0.1) is 0 Å². The Morgan fingerprint density at radius 2 is 2.08 bits per heavy atom. The number of likely N-dealkylation sites (tertiary alicyclic amines) is 1. The molecule has 0 saturated carbocycles. The van der Waals surface area contributed by atoms with Crippen molar-refractivity contribution in [3.05, 3.63) is 29.8 Å². The van der Waals surface area contributed by atoms with Crippen molar-refractivity contribution in [3.63, 3.8) is 0 Å². The van der Waals surface area contributed by atoms with Gasteiger partial charge in [0.1, 0.15) is 5.75 Å². The minimum absolute atomic E-state index is 0.0994. The van der Waals surface area contributed by atoms with Gasteiger partial charge in [-0.05, 0) is 63.5 Å². The van der Waals surface area contributed by atoms with Crippen molar-refractivity contribution in [3.8, 4) is 5.75 Å². The first-order valence-corrected chi connectivity index (χ1v) is 9.65. The largest absolute Gasteiger partial charge is 0.494 e. The predicted molar refractivity (Wildman–Crippen MR) is 102 cm³/mol. The fraction of sp³-hybridized carbons (Fsp3) is 0.650. The summed E-state index contributed by atoms with van der Waals surface area (Å²) in [6.45, 7) is 9.62. The van der Waals surface area contributed by atoms with Gasteiger partial charge in [0.05, 0.1) is 6.61 Å². The zero-order valence-corrected chi connectivity index (χ0v) is 15.7. The molecule has 2 rings (SSSR count). The second kappa shape index (κ2) is 11.1. The first kappa shape index (κ1) is 19.7. The van der Waals surface area contributed by atoms with E-state index in [9.17, 15) is 4.79 Å². The summed E-state index contributed by atoms with van der Waals surface area (Å²) in [5.74, 6) is 1.02. The lowest BCUT2D eigenvalue weighted by Crippen LogP contribution is -2.29. The van der Waals surface area contributed by atoms with Crippen LogP contribution in [0.25, 0.3) is 0 Å². The summed E-state index contributed by atoms with van der Waals surface area (Å²) in [6.07, 6.45) is 3.96. The van der Waals surface area contributed by atoms with Crippen molar-refractivity contribution in [1.29, 1.82) is 0 Å². The number of hydrogen-bond acceptors (Lipinski definition) is 4. The molecular formula is C20H33N3O2. The summed E-state index contributed by atoms with van der Waals surface area (Å²) in [5, 5.41) is 6.08. The molecule has 0 aliphatic carbocycles. The van der Waals surface area contributed by atoms with Crippen LogP contribution >= 0.6 is 0 Å². The first-order chi connectivity index (χ1) is 12.2. The molecule has 1 amide bonds. The summed E-state index contributed by atoms with van der Waals surface area (Å²) in [5.41, 5.74) is 1.32. The van der Waals surface area contributed by atoms with Gasteiger partial charge in [-0.2, -0.15) is 0 Å². The average Bonchev–Trinajstić information content (AvgIpc) is 3.16. The highest BCUT2D eigenvalue weighted by molar-refractivity contribution is 5.75. The van der Waals surface area contributed by atoms with Crippen LogP contribution in [0.3, 0.4) is 0 Å². The van der Waals surface area contributed by atoms with Crippen molar-refractivity contribution < 1.29 is 9.53 Å². The summed E-state index contributed by atoms with van der Waals surface area (Å²) in [4.78, 5) is 14.1. The molecule has 1 aliphatic heterocycles. The molecule has 0 aromatic heterocycles. The summed E-state index contributed by atoms with van der Waals surface area (Å²) >= 11 is 0. The van der Waals surface area contributed by atoms with Gasteiger partial charge in [-0.15, -0.1) is 0 Å². The Kier molecular flexibility index (Phi) is 8.77. The number of benzene rings is 1. The van der Waals surface area contributed by atoms with Crippen LogP contribution in [0.4, 0.5) is 0 Å². The van der Waals surface area contributed by atoms with E-state index in [1.807, 2.05) is 13.0 Å². The Hall–Kier alpha value is -1.59. The lowest BCUT2D eigenvalue weighted by Gasteiger charge is -2.24. The maximum absolute atomic E-state index is 11.6. The zero-order valence-electron chi connectivity index (χ0n) is 15.7. The third-order valence-corrected chi connectivity index (χ3v) is 4.72. The molecule has 0 spiro atoms. The van der Waals surface area contributed by atoms with E-state index in [2.05, 4.69) is 40.7 Å². The van der Waals surface area contributed by atoms with E-state index in [-0.39, 0.29) is 5.91 Å². The molecule has 140 valence electrons. The van der Waals surface area contributed by atoms with E-state index in [4.69, 9.17) is 4.74 Å². The molecule has 2 N–H and O–H groups in total. The molecule has 5 heteroatoms. The molecule has 1 unspecified atom stereocenters. The van der Waals surface area contributed by atoms with E-state index in [1.54, 1.807) is 0 Å². The van der Waals surface area contributed by atoms with Crippen LogP contribution in [-0.4, -0.2) is 50.1 Å². The maximum atomic E-state index is 11.6. The van der Waals surface area contributed by atoms with Gasteiger partial charge in [0.2, 0.25) is 5.91 Å². The number of hydrogen-bond donors (Lipinski definition) is 2. The zero-order chi connectivity index (χ0) is 17.9. The third-order valence-electron chi connectivity index (χ3n) is 4.72. The Labute approximate surface area is 152 Å². The van der Waals surface area contributed by atoms with Crippen LogP contribution in [0.1, 0.15) is 51.1 Å². The Balaban J connectivity index is 1.65. The van der Waals surface area contributed by atoms with Crippen LogP contribution in [-0.2, 0) is 4.79 Å². The highest BCUT2D eigenvalue weighted by Crippen LogP contribution is 2.26. The van der Waals surface area contributed by atoms with Crippen molar-refractivity contribution in [2.45, 2.75) is 45.6 Å². The van der Waals surface area contributed by atoms with E-state index in [0.717, 1.165) is 25.3 Å². The van der Waals surface area contributed by atoms with Gasteiger partial charge < -0.3 is 15.4 Å². The topological polar surface area (TPSA) is 53.6 Å². The normalized spacial score (nSPS) is 15.9. The molecule has 1 atom stereocenters. The lowest BCUT2D eigenvalue weighted by atomic mass is 10.1. The van der Waals surface area contributed by atoms with Crippen molar-refractivity contribution >= 4 is 5.91 Å². The quantitative estimate of drug-likeness (QED) is 0.605. The number of rotatable bonds is 11. The van der Waals surface area contributed by atoms with Gasteiger partial charge in [0.15, 0.2) is 0 Å². The second-order valence-electron chi connectivity index (χ2n) is 6.65. The number of nitrogens with one attached hydrogen (secondary N) is 2. The number of nitrogens with zero attached hydrogens (tertiary/aromatic N) is 1. The number of amides is 1. The minimum Gasteiger partial charge on any atom is -0.494 e. The fourth-order valence-electron chi connectivity index (χ4n) is 3.16. The molecule has 1 fully saturated rings. The van der Waals surface area contributed by atoms with Gasteiger partial charge in [-0.25, -0.2) is 0 Å². The Morgan fingerprint density at radius 1 is 1.28 bits per heavy atom. The molecule has 25 heavy (non-hydrogen) atoms. The van der Waals surface area contributed by atoms with Gasteiger partial charge >= 0.3 is 0 Å². The Morgan fingerprint density at radius 3 is 2.84 bits per heavy atom. The first-order valence-electron chi connectivity index (χ1n) is 9.65. The van der Waals surface area contributed by atoms with E-state index in [0.29, 0.717) is 25.6 Å². The molecule has 1 aromatic rings. The minimum atomic E-state index is 0.0994. The van der Waals surface area contributed by atoms with Gasteiger partial charge in [0, 0.05) is 25.6 Å². The smallest absolute Gasteiger partial charge is 0.221 e. The molecule has 1 heterocycles. The molecule has 5 nitrogen and oxygen atoms in total. The molecule has 0 bridgehead atoms. The summed E-state index contributed by atoms with van der Waals surface area (Å²) in [6, 6.07) is 8.86. The predicted octanol–water partition coefficient (Wildman–Crippen LogP) is 2.73. The Bertz CT molecular complexity index is 515. The van der Waals surface area contributed by atoms with Crippen LogP contribution < -0.4 is 15.4 Å². The molecule has 1 aromatic carbocycles. The number of ether oxygens (including phenoxy) is 1. The number of carbonyl (C=O) groups is 1. The summed E-state index contributed by atoms with van der Waals surface area (Å²) in [7, 11) is 0. The molecule has 1 aliphatic rings. The monoisotopic (exact) mass is 347 g/mol. The average molecular weight is 348 g/mol. The van der Waals surface area contributed by atoms with Gasteiger partial charge in [-0.3, -0.25) is 9.69 Å². The second-order valence-corrected chi connectivity index (χ2v) is 6.65. The van der Waals surface area contributed by atoms with Gasteiger partial charge in [-0.1, -0.05) is 19.1 Å². The van der Waals surface area contributed by atoms with E-state index < -0.39 is 0 Å². The third kappa shape index (κ3) is 7.04. The highest BCUT2D eigenvalue weighted by atomic mass is 16.5. The van der Waals surface area contributed by atoms with Gasteiger partial charge in [0.25, 0.3) is 0 Å². The van der Waals surface area contributed by atoms with Crippen LogP contribution in [0.15, 0.2) is 24.3 Å². The van der Waals surface area contributed by atoms with Crippen LogP contribution in [0.2, 0.25) is 0 Å². The van der Waals surface area contributed by atoms with E-state index >= 15 is 0 Å². The molecule has 1 saturated heterocycles.